The number of nitrogens with two attached hydrogens (primary N) is 1. The Bertz CT molecular complexity index is 1320. The third-order valence-corrected chi connectivity index (χ3v) is 7.43. The van der Waals surface area contributed by atoms with Crippen LogP contribution in [0, 0.1) is 11.3 Å². The summed E-state index contributed by atoms with van der Waals surface area (Å²) in [6.45, 7) is 0. The van der Waals surface area contributed by atoms with Gasteiger partial charge in [-0.05, 0) is 37.7 Å². The highest BCUT2D eigenvalue weighted by atomic mass is 19.4. The van der Waals surface area contributed by atoms with Gasteiger partial charge in [-0.25, -0.2) is 4.99 Å². The second-order valence-corrected chi connectivity index (χ2v) is 10.9. The fraction of sp³-hybridized carbons (Fsp3) is 0.448. The molecule has 2 saturated carbocycles. The lowest BCUT2D eigenvalue weighted by Crippen LogP contribution is -2.51. The van der Waals surface area contributed by atoms with Crippen LogP contribution in [-0.2, 0) is 14.4 Å². The number of nitrogens with zero attached hydrogens (tertiary/aromatic N) is 1. The standard InChI is InChI=1S/C29H31F3N4O4/c30-29(31,32)14-13-28(16-22(33)37,15-17-9-10-17)27(39)36-25-26(38)35-24-20(7-4-8-21(24)40-19-11-12-19)23(34-25)18-5-2-1-3-6-18/h1-8,17,19,25H,9-16H2,(H2,33,37)(H,35,38)(H,36,39)/t25-,28?/m1/s1. The molecule has 2 fully saturated rings. The normalized spacial score (nSPS) is 20.3. The number of benzene rings is 2. The van der Waals surface area contributed by atoms with E-state index in [0.717, 1.165) is 25.7 Å². The van der Waals surface area contributed by atoms with Gasteiger partial charge in [0.25, 0.3) is 5.91 Å². The van der Waals surface area contributed by atoms with Crippen LogP contribution >= 0.6 is 0 Å². The molecule has 3 amide bonds. The van der Waals surface area contributed by atoms with E-state index in [9.17, 15) is 27.6 Å². The summed E-state index contributed by atoms with van der Waals surface area (Å²) in [6.07, 6.45) is -5.04. The Morgan fingerprint density at radius 3 is 2.38 bits per heavy atom. The van der Waals surface area contributed by atoms with Gasteiger partial charge in [-0.15, -0.1) is 0 Å². The summed E-state index contributed by atoms with van der Waals surface area (Å²) in [5.74, 6) is -1.94. The van der Waals surface area contributed by atoms with Crippen LogP contribution in [0.2, 0.25) is 0 Å². The molecule has 8 nitrogen and oxygen atoms in total. The molecule has 1 heterocycles. The largest absolute Gasteiger partial charge is 0.488 e. The number of carbonyl (C=O) groups is 3. The van der Waals surface area contributed by atoms with Crippen LogP contribution in [0.4, 0.5) is 18.9 Å². The predicted molar refractivity (Wildman–Crippen MR) is 142 cm³/mol. The number of halogens is 3. The average Bonchev–Trinajstić information content (AvgIpc) is 3.82. The molecule has 0 bridgehead atoms. The number of ether oxygens (including phenoxy) is 1. The van der Waals surface area contributed by atoms with Crippen molar-refractivity contribution >= 4 is 29.1 Å². The van der Waals surface area contributed by atoms with E-state index in [-0.39, 0.29) is 18.4 Å². The number of rotatable bonds is 11. The first-order valence-electron chi connectivity index (χ1n) is 13.4. The van der Waals surface area contributed by atoms with Crippen LogP contribution in [-0.4, -0.2) is 41.9 Å². The van der Waals surface area contributed by atoms with Crippen LogP contribution in [0.3, 0.4) is 0 Å². The van der Waals surface area contributed by atoms with Gasteiger partial charge >= 0.3 is 6.18 Å². The quantitative estimate of drug-likeness (QED) is 0.378. The lowest BCUT2D eigenvalue weighted by Gasteiger charge is -2.33. The monoisotopic (exact) mass is 556 g/mol. The van der Waals surface area contributed by atoms with Gasteiger partial charge < -0.3 is 21.1 Å². The lowest BCUT2D eigenvalue weighted by atomic mass is 9.74. The molecule has 1 unspecified atom stereocenters. The molecule has 2 aliphatic carbocycles. The van der Waals surface area contributed by atoms with Crippen LogP contribution in [0.1, 0.15) is 62.5 Å². The van der Waals surface area contributed by atoms with Gasteiger partial charge in [0.15, 0.2) is 0 Å². The minimum absolute atomic E-state index is 0.0102. The second-order valence-electron chi connectivity index (χ2n) is 10.9. The lowest BCUT2D eigenvalue weighted by molar-refractivity contribution is -0.152. The van der Waals surface area contributed by atoms with Crippen molar-refractivity contribution in [2.45, 2.75) is 69.8 Å². The van der Waals surface area contributed by atoms with E-state index in [2.05, 4.69) is 15.6 Å². The number of aliphatic imine (C=N–C) groups is 1. The molecule has 3 aliphatic rings. The van der Waals surface area contributed by atoms with Crippen molar-refractivity contribution in [2.75, 3.05) is 5.32 Å². The summed E-state index contributed by atoms with van der Waals surface area (Å²) >= 11 is 0. The summed E-state index contributed by atoms with van der Waals surface area (Å²) < 4.78 is 45.9. The number of anilines is 1. The number of para-hydroxylation sites is 1. The van der Waals surface area contributed by atoms with Crippen LogP contribution in [0.5, 0.6) is 5.75 Å². The fourth-order valence-electron chi connectivity index (χ4n) is 5.11. The van der Waals surface area contributed by atoms with E-state index in [1.807, 2.05) is 6.07 Å². The minimum Gasteiger partial charge on any atom is -0.488 e. The summed E-state index contributed by atoms with van der Waals surface area (Å²) in [6, 6.07) is 14.3. The molecule has 5 rings (SSSR count). The number of fused-ring (bicyclic) bond motifs is 1. The average molecular weight is 557 g/mol. The number of carbonyl (C=O) groups excluding carboxylic acids is 3. The molecular weight excluding hydrogens is 525 g/mol. The Balaban J connectivity index is 1.51. The molecule has 2 aromatic rings. The van der Waals surface area contributed by atoms with Gasteiger partial charge in [0.2, 0.25) is 18.0 Å². The van der Waals surface area contributed by atoms with Gasteiger partial charge in [0.1, 0.15) is 5.75 Å². The highest BCUT2D eigenvalue weighted by molar-refractivity contribution is 6.20. The maximum atomic E-state index is 13.8. The van der Waals surface area contributed by atoms with Crippen molar-refractivity contribution in [1.29, 1.82) is 0 Å². The van der Waals surface area contributed by atoms with Gasteiger partial charge in [0, 0.05) is 24.0 Å². The van der Waals surface area contributed by atoms with E-state index >= 15 is 0 Å². The van der Waals surface area contributed by atoms with Gasteiger partial charge in [-0.3, -0.25) is 14.4 Å². The maximum absolute atomic E-state index is 13.8. The van der Waals surface area contributed by atoms with Crippen molar-refractivity contribution in [1.82, 2.24) is 5.32 Å². The van der Waals surface area contributed by atoms with E-state index in [1.54, 1.807) is 42.5 Å². The van der Waals surface area contributed by atoms with Crippen molar-refractivity contribution in [2.24, 2.45) is 22.1 Å². The Kier molecular flexibility index (Phi) is 7.57. The molecule has 2 aromatic carbocycles. The molecule has 0 radical (unpaired) electrons. The molecule has 11 heteroatoms. The van der Waals surface area contributed by atoms with Crippen LogP contribution in [0.15, 0.2) is 53.5 Å². The minimum atomic E-state index is -4.54. The van der Waals surface area contributed by atoms with E-state index in [4.69, 9.17) is 10.5 Å². The van der Waals surface area contributed by atoms with E-state index in [0.29, 0.717) is 28.3 Å². The topological polar surface area (TPSA) is 123 Å². The predicted octanol–water partition coefficient (Wildman–Crippen LogP) is 4.46. The number of benzodiazepines with no additional fused rings is 1. The molecule has 0 aromatic heterocycles. The van der Waals surface area contributed by atoms with Crippen molar-refractivity contribution in [3.63, 3.8) is 0 Å². The van der Waals surface area contributed by atoms with Gasteiger partial charge in [-0.2, -0.15) is 13.2 Å². The number of amides is 3. The maximum Gasteiger partial charge on any atom is 0.389 e. The van der Waals surface area contributed by atoms with Gasteiger partial charge in [-0.1, -0.05) is 55.3 Å². The fourth-order valence-corrected chi connectivity index (χ4v) is 5.11. The molecule has 2 atom stereocenters. The van der Waals surface area contributed by atoms with Gasteiger partial charge in [0.05, 0.1) is 22.9 Å². The van der Waals surface area contributed by atoms with E-state index in [1.165, 1.54) is 0 Å². The number of hydrogen-bond donors (Lipinski definition) is 3. The first kappa shape index (κ1) is 27.7. The highest BCUT2D eigenvalue weighted by Gasteiger charge is 2.47. The SMILES string of the molecule is NC(=O)CC(CCC(F)(F)F)(CC1CC1)C(=O)N[C@H]1N=C(c2ccccc2)c2cccc(OC3CC3)c2NC1=O. The van der Waals surface area contributed by atoms with Crippen molar-refractivity contribution in [3.05, 3.63) is 59.7 Å². The molecule has 212 valence electrons. The highest BCUT2D eigenvalue weighted by Crippen LogP contribution is 2.46. The Hall–Kier alpha value is -3.89. The first-order valence-corrected chi connectivity index (χ1v) is 13.4. The Morgan fingerprint density at radius 2 is 1.75 bits per heavy atom. The summed E-state index contributed by atoms with van der Waals surface area (Å²) in [4.78, 5) is 43.9. The zero-order valence-electron chi connectivity index (χ0n) is 21.8. The molecule has 1 aliphatic heterocycles. The number of alkyl halides is 3. The summed E-state index contributed by atoms with van der Waals surface area (Å²) in [5, 5.41) is 5.39. The summed E-state index contributed by atoms with van der Waals surface area (Å²) in [5.41, 5.74) is 5.76. The third kappa shape index (κ3) is 6.63. The molecule has 0 spiro atoms. The Morgan fingerprint density at radius 1 is 1.02 bits per heavy atom. The smallest absolute Gasteiger partial charge is 0.389 e. The summed E-state index contributed by atoms with van der Waals surface area (Å²) in [7, 11) is 0. The molecule has 40 heavy (non-hydrogen) atoms. The molecular formula is C29H31F3N4O4. The molecule has 4 N–H and O–H groups in total. The third-order valence-electron chi connectivity index (χ3n) is 7.43. The number of hydrogen-bond acceptors (Lipinski definition) is 5. The van der Waals surface area contributed by atoms with Crippen molar-refractivity contribution in [3.8, 4) is 5.75 Å². The second kappa shape index (κ2) is 10.9. The number of nitrogens with one attached hydrogen (secondary N) is 2. The van der Waals surface area contributed by atoms with E-state index < -0.39 is 54.7 Å². The first-order chi connectivity index (χ1) is 19.0. The Labute approximate surface area is 229 Å². The van der Waals surface area contributed by atoms with Crippen LogP contribution in [0.25, 0.3) is 0 Å². The molecule has 0 saturated heterocycles. The van der Waals surface area contributed by atoms with Crippen molar-refractivity contribution < 1.29 is 32.3 Å². The van der Waals surface area contributed by atoms with Crippen LogP contribution < -0.4 is 21.1 Å². The zero-order valence-corrected chi connectivity index (χ0v) is 21.8. The zero-order chi connectivity index (χ0) is 28.5. The number of primary amides is 1.